The predicted octanol–water partition coefficient (Wildman–Crippen LogP) is 1.55. The van der Waals surface area contributed by atoms with E-state index in [2.05, 4.69) is 0 Å². The average molecular weight is 240 g/mol. The summed E-state index contributed by atoms with van der Waals surface area (Å²) >= 11 is 1.03. The fourth-order valence-electron chi connectivity index (χ4n) is 1.00. The zero-order valence-electron chi connectivity index (χ0n) is 8.59. The number of rotatable bonds is 6. The van der Waals surface area contributed by atoms with Crippen molar-refractivity contribution in [3.8, 4) is 0 Å². The van der Waals surface area contributed by atoms with Crippen molar-refractivity contribution in [2.75, 3.05) is 11.5 Å². The van der Waals surface area contributed by atoms with Crippen LogP contribution in [0.5, 0.6) is 0 Å². The molecule has 0 aliphatic heterocycles. The molecule has 0 fully saturated rings. The second kappa shape index (κ2) is 6.90. The predicted molar refractivity (Wildman–Crippen MR) is 61.2 cm³/mol. The highest BCUT2D eigenvalue weighted by atomic mass is 32.2. The Balaban J connectivity index is 2.18. The van der Waals surface area contributed by atoms with Crippen LogP contribution in [0.4, 0.5) is 0 Å². The first-order valence-corrected chi connectivity index (χ1v) is 5.83. The molecule has 0 atom stereocenters. The molecule has 0 unspecified atom stereocenters. The van der Waals surface area contributed by atoms with Crippen LogP contribution in [-0.4, -0.2) is 28.6 Å². The molecule has 0 amide bonds. The van der Waals surface area contributed by atoms with Gasteiger partial charge in [0.25, 0.3) is 0 Å². The molecule has 86 valence electrons. The minimum atomic E-state index is -0.930. The summed E-state index contributed by atoms with van der Waals surface area (Å²) in [6.07, 6.45) is 0. The van der Waals surface area contributed by atoms with E-state index in [1.165, 1.54) is 0 Å². The highest BCUT2D eigenvalue weighted by Gasteiger charge is 2.05. The Morgan fingerprint density at radius 3 is 2.50 bits per heavy atom. The number of carboxylic acids is 1. The number of carboxylic acid groups (broad SMARTS) is 1. The second-order valence-corrected chi connectivity index (χ2v) is 4.02. The number of thioether (sulfide) groups is 1. The van der Waals surface area contributed by atoms with Gasteiger partial charge in [-0.2, -0.15) is 0 Å². The molecule has 0 aliphatic carbocycles. The van der Waals surface area contributed by atoms with Crippen LogP contribution in [0.25, 0.3) is 0 Å². The van der Waals surface area contributed by atoms with E-state index in [9.17, 15) is 9.59 Å². The van der Waals surface area contributed by atoms with Crippen LogP contribution in [0.15, 0.2) is 30.3 Å². The van der Waals surface area contributed by atoms with Crippen molar-refractivity contribution >= 4 is 23.7 Å². The van der Waals surface area contributed by atoms with Gasteiger partial charge in [0.15, 0.2) is 0 Å². The molecule has 1 aromatic carbocycles. The summed E-state index contributed by atoms with van der Waals surface area (Å²) in [5.74, 6) is -1.34. The van der Waals surface area contributed by atoms with Gasteiger partial charge < -0.3 is 9.84 Å². The molecule has 0 radical (unpaired) electrons. The van der Waals surface area contributed by atoms with Crippen molar-refractivity contribution < 1.29 is 19.4 Å². The highest BCUT2D eigenvalue weighted by Crippen LogP contribution is 2.04. The molecule has 16 heavy (non-hydrogen) atoms. The molecule has 0 spiro atoms. The van der Waals surface area contributed by atoms with Gasteiger partial charge >= 0.3 is 11.9 Å². The summed E-state index contributed by atoms with van der Waals surface area (Å²) in [5.41, 5.74) is 0.916. The van der Waals surface area contributed by atoms with Crippen molar-refractivity contribution in [3.63, 3.8) is 0 Å². The van der Waals surface area contributed by atoms with Crippen molar-refractivity contribution in [1.29, 1.82) is 0 Å². The second-order valence-electron chi connectivity index (χ2n) is 3.03. The molecular formula is C11H12O4S. The first-order chi connectivity index (χ1) is 7.68. The smallest absolute Gasteiger partial charge is 0.316 e. The molecule has 4 nitrogen and oxygen atoms in total. The third-order valence-corrected chi connectivity index (χ3v) is 2.58. The molecule has 0 heterocycles. The fourth-order valence-corrected chi connectivity index (χ4v) is 1.53. The zero-order chi connectivity index (χ0) is 11.8. The van der Waals surface area contributed by atoms with E-state index in [4.69, 9.17) is 9.84 Å². The lowest BCUT2D eigenvalue weighted by Crippen LogP contribution is -2.09. The molecule has 0 bridgehead atoms. The molecule has 5 heteroatoms. The number of ether oxygens (including phenoxy) is 1. The minimum absolute atomic E-state index is 0.0686. The third-order valence-electron chi connectivity index (χ3n) is 1.69. The van der Waals surface area contributed by atoms with Crippen molar-refractivity contribution in [2.45, 2.75) is 6.61 Å². The van der Waals surface area contributed by atoms with Crippen LogP contribution in [-0.2, 0) is 20.9 Å². The third kappa shape index (κ3) is 5.41. The lowest BCUT2D eigenvalue weighted by molar-refractivity contribution is -0.141. The Labute approximate surface area is 97.6 Å². The van der Waals surface area contributed by atoms with Crippen LogP contribution < -0.4 is 0 Å². The topological polar surface area (TPSA) is 63.6 Å². The molecule has 0 aliphatic rings. The molecule has 1 rings (SSSR count). The van der Waals surface area contributed by atoms with Gasteiger partial charge in [0.1, 0.15) is 6.61 Å². The molecule has 1 aromatic rings. The monoisotopic (exact) mass is 240 g/mol. The lowest BCUT2D eigenvalue weighted by atomic mass is 10.2. The lowest BCUT2D eigenvalue weighted by Gasteiger charge is -2.03. The van der Waals surface area contributed by atoms with Gasteiger partial charge in [0.05, 0.1) is 11.5 Å². The summed E-state index contributed by atoms with van der Waals surface area (Å²) in [6, 6.07) is 9.33. The number of aliphatic carboxylic acids is 1. The van der Waals surface area contributed by atoms with Crippen LogP contribution in [0.1, 0.15) is 5.56 Å². The van der Waals surface area contributed by atoms with E-state index in [0.29, 0.717) is 0 Å². The van der Waals surface area contributed by atoms with Gasteiger partial charge in [0, 0.05) is 0 Å². The zero-order valence-corrected chi connectivity index (χ0v) is 9.40. The summed E-state index contributed by atoms with van der Waals surface area (Å²) in [4.78, 5) is 21.3. The normalized spacial score (nSPS) is 9.75. The Morgan fingerprint density at radius 1 is 1.19 bits per heavy atom. The van der Waals surface area contributed by atoms with E-state index in [1.54, 1.807) is 0 Å². The highest BCUT2D eigenvalue weighted by molar-refractivity contribution is 8.00. The largest absolute Gasteiger partial charge is 0.481 e. The molecule has 1 N–H and O–H groups in total. The van der Waals surface area contributed by atoms with Crippen LogP contribution in [0, 0.1) is 0 Å². The van der Waals surface area contributed by atoms with Crippen LogP contribution in [0.3, 0.4) is 0 Å². The first kappa shape index (κ1) is 12.6. The molecule has 0 saturated heterocycles. The Hall–Kier alpha value is -1.49. The minimum Gasteiger partial charge on any atom is -0.481 e. The van der Waals surface area contributed by atoms with Gasteiger partial charge in [-0.25, -0.2) is 0 Å². The van der Waals surface area contributed by atoms with Gasteiger partial charge in [-0.3, -0.25) is 9.59 Å². The van der Waals surface area contributed by atoms with E-state index in [-0.39, 0.29) is 18.1 Å². The fraction of sp³-hybridized carbons (Fsp3) is 0.273. The summed E-state index contributed by atoms with van der Waals surface area (Å²) in [6.45, 7) is 0.229. The van der Waals surface area contributed by atoms with Crippen molar-refractivity contribution in [1.82, 2.24) is 0 Å². The SMILES string of the molecule is O=C(O)CSCC(=O)OCc1ccccc1. The van der Waals surface area contributed by atoms with Crippen LogP contribution >= 0.6 is 11.8 Å². The average Bonchev–Trinajstić information content (AvgIpc) is 2.27. The Bertz CT molecular complexity index is 350. The van der Waals surface area contributed by atoms with Gasteiger partial charge in [-0.15, -0.1) is 11.8 Å². The van der Waals surface area contributed by atoms with Gasteiger partial charge in [-0.05, 0) is 5.56 Å². The van der Waals surface area contributed by atoms with Crippen molar-refractivity contribution in [3.05, 3.63) is 35.9 Å². The number of carbonyl (C=O) groups excluding carboxylic acids is 1. The van der Waals surface area contributed by atoms with Gasteiger partial charge in [0.2, 0.25) is 0 Å². The maximum atomic E-state index is 11.2. The number of hydrogen-bond donors (Lipinski definition) is 1. The molecule has 0 saturated carbocycles. The Kier molecular flexibility index (Phi) is 5.42. The van der Waals surface area contributed by atoms with E-state index < -0.39 is 11.9 Å². The summed E-state index contributed by atoms with van der Waals surface area (Å²) < 4.78 is 4.96. The standard InChI is InChI=1S/C11H12O4S/c12-10(13)7-16-8-11(14)15-6-9-4-2-1-3-5-9/h1-5H,6-8H2,(H,12,13). The number of carbonyl (C=O) groups is 2. The molecule has 0 aromatic heterocycles. The quantitative estimate of drug-likeness (QED) is 0.764. The van der Waals surface area contributed by atoms with Gasteiger partial charge in [-0.1, -0.05) is 30.3 Å². The van der Waals surface area contributed by atoms with E-state index in [1.807, 2.05) is 30.3 Å². The van der Waals surface area contributed by atoms with Crippen molar-refractivity contribution in [2.24, 2.45) is 0 Å². The van der Waals surface area contributed by atoms with Crippen LogP contribution in [0.2, 0.25) is 0 Å². The first-order valence-electron chi connectivity index (χ1n) is 4.67. The maximum absolute atomic E-state index is 11.2. The molecular weight excluding hydrogens is 228 g/mol. The van der Waals surface area contributed by atoms with E-state index >= 15 is 0 Å². The summed E-state index contributed by atoms with van der Waals surface area (Å²) in [7, 11) is 0. The number of hydrogen-bond acceptors (Lipinski definition) is 4. The summed E-state index contributed by atoms with van der Waals surface area (Å²) in [5, 5.41) is 8.36. The number of benzene rings is 1. The van der Waals surface area contributed by atoms with E-state index in [0.717, 1.165) is 17.3 Å². The Morgan fingerprint density at radius 2 is 1.88 bits per heavy atom. The number of esters is 1. The maximum Gasteiger partial charge on any atom is 0.316 e.